The summed E-state index contributed by atoms with van der Waals surface area (Å²) in [5.74, 6) is -13.2. The molecule has 5 amide bonds. The molecule has 0 radical (unpaired) electrons. The Morgan fingerprint density at radius 3 is 1.54 bits per heavy atom. The van der Waals surface area contributed by atoms with E-state index in [2.05, 4.69) is 25.9 Å². The van der Waals surface area contributed by atoms with Gasteiger partial charge < -0.3 is 80.0 Å². The second-order valence-electron chi connectivity index (χ2n) is 17.9. The summed E-state index contributed by atoms with van der Waals surface area (Å²) in [6, 6.07) is -0.518. The van der Waals surface area contributed by atoms with Crippen LogP contribution < -0.4 is 44.6 Å². The summed E-state index contributed by atoms with van der Waals surface area (Å²) in [5.41, 5.74) is 28.4. The minimum absolute atomic E-state index is 0.00553. The molecule has 456 valence electrons. The van der Waals surface area contributed by atoms with E-state index >= 15 is 0 Å². The number of phenolic OH excluding ortho intramolecular Hbond substituents is 1. The van der Waals surface area contributed by atoms with Crippen molar-refractivity contribution in [2.24, 2.45) is 50.5 Å². The number of carbonyl (C=O) groups excluding carboxylic acids is 5. The highest BCUT2D eigenvalue weighted by Gasteiger charge is 2.43. The Hall–Kier alpha value is -7.88. The summed E-state index contributed by atoms with van der Waals surface area (Å²) in [5, 5.41) is 49.2. The number of rotatable bonds is 24. The van der Waals surface area contributed by atoms with E-state index in [1.54, 1.807) is 19.1 Å². The smallest absolute Gasteiger partial charge is 0.490 e. The van der Waals surface area contributed by atoms with Crippen molar-refractivity contribution in [1.29, 1.82) is 0 Å². The number of aliphatic imine (C=N–C) groups is 2. The molecule has 2 rings (SSSR count). The number of aromatic hydroxyl groups is 1. The standard InChI is InChI=1S/C39H66N12O8.3C2HF3O2/c1-6-23(4)31(34(55)48-28(37(58)59)20-22(2)3)49-33(54)30(21-24-13-15-25(52)16-14-24)50(5)36(57)29-12-9-19-51(29)35(56)27(11-8-18-46-39(43)44)47-32(53)26(40)10-7-17-45-38(41)42;3*3-2(4,5)1(6)7/h13-16,22-23,26-31,52H,6-12,17-21,40H2,1-5H3,(H,47,53)(H,48,55)(H,49,54)(H,58,59)(H4,41,42,45)(H4,43,44,46);3*(H,6,7)/t23-,26-,27-,28-,29-,30-,31-;;;/m0.../s1. The van der Waals surface area contributed by atoms with E-state index in [0.717, 1.165) is 0 Å². The number of nitrogens with zero attached hydrogens (tertiary/aromatic N) is 4. The molecular formula is C45H69F9N12O14. The molecule has 1 heterocycles. The second-order valence-corrected chi connectivity index (χ2v) is 17.9. The molecule has 0 spiro atoms. The summed E-state index contributed by atoms with van der Waals surface area (Å²) < 4.78 is 95.2. The summed E-state index contributed by atoms with van der Waals surface area (Å²) in [4.78, 5) is 119. The van der Waals surface area contributed by atoms with Gasteiger partial charge in [0.2, 0.25) is 29.5 Å². The SMILES string of the molecule is CC[C@H](C)[C@H](NC(=O)[C@H](Cc1ccc(O)cc1)N(C)C(=O)[C@@H]1CCCN1C(=O)[C@H](CCCN=C(N)N)NC(=O)[C@@H](N)CCCN=C(N)N)C(=O)N[C@@H](CC(C)C)C(=O)O.O=C(O)C(F)(F)F.O=C(O)C(F)(F)F.O=C(O)C(F)(F)F. The molecule has 35 heteroatoms. The maximum absolute atomic E-state index is 14.5. The highest BCUT2D eigenvalue weighted by Crippen LogP contribution is 2.24. The first kappa shape index (κ1) is 74.2. The Morgan fingerprint density at radius 2 is 1.14 bits per heavy atom. The summed E-state index contributed by atoms with van der Waals surface area (Å²) in [7, 11) is 1.44. The second kappa shape index (κ2) is 34.9. The number of nitrogens with two attached hydrogens (primary N) is 5. The quantitative estimate of drug-likeness (QED) is 0.0293. The first-order chi connectivity index (χ1) is 36.6. The maximum Gasteiger partial charge on any atom is 0.490 e. The van der Waals surface area contributed by atoms with E-state index in [4.69, 9.17) is 58.4 Å². The number of hydrogen-bond acceptors (Lipinski definition) is 13. The number of nitrogens with one attached hydrogen (secondary N) is 3. The predicted molar refractivity (Wildman–Crippen MR) is 264 cm³/mol. The van der Waals surface area contributed by atoms with Gasteiger partial charge in [-0.15, -0.1) is 0 Å². The number of carbonyl (C=O) groups is 9. The lowest BCUT2D eigenvalue weighted by Gasteiger charge is -2.35. The fourth-order valence-corrected chi connectivity index (χ4v) is 6.73. The molecule has 7 atom stereocenters. The number of likely N-dealkylation sites (N-methyl/N-ethyl adjacent to an activating group) is 1. The number of benzene rings is 1. The van der Waals surface area contributed by atoms with Crippen LogP contribution in [-0.4, -0.2) is 182 Å². The van der Waals surface area contributed by atoms with Gasteiger partial charge in [0.05, 0.1) is 6.04 Å². The van der Waals surface area contributed by atoms with Gasteiger partial charge in [-0.3, -0.25) is 34.0 Å². The third kappa shape index (κ3) is 29.7. The molecule has 1 aliphatic heterocycles. The topological polar surface area (TPSA) is 452 Å². The van der Waals surface area contributed by atoms with Crippen molar-refractivity contribution in [3.8, 4) is 5.75 Å². The van der Waals surface area contributed by atoms with E-state index in [1.807, 2.05) is 20.8 Å². The van der Waals surface area contributed by atoms with Gasteiger partial charge in [-0.25, -0.2) is 19.2 Å². The Labute approximate surface area is 451 Å². The van der Waals surface area contributed by atoms with Crippen LogP contribution in [0.3, 0.4) is 0 Å². The fraction of sp³-hybridized carbons (Fsp3) is 0.622. The Morgan fingerprint density at radius 1 is 0.700 bits per heavy atom. The molecule has 0 unspecified atom stereocenters. The zero-order valence-corrected chi connectivity index (χ0v) is 43.9. The van der Waals surface area contributed by atoms with Gasteiger partial charge in [-0.1, -0.05) is 46.2 Å². The van der Waals surface area contributed by atoms with Crippen molar-refractivity contribution in [3.05, 3.63) is 29.8 Å². The van der Waals surface area contributed by atoms with Crippen molar-refractivity contribution < 1.29 is 108 Å². The van der Waals surface area contributed by atoms with Crippen molar-refractivity contribution in [3.63, 3.8) is 0 Å². The zero-order chi connectivity index (χ0) is 62.6. The summed E-state index contributed by atoms with van der Waals surface area (Å²) in [6.07, 6.45) is -12.8. The summed E-state index contributed by atoms with van der Waals surface area (Å²) >= 11 is 0. The zero-order valence-electron chi connectivity index (χ0n) is 43.9. The minimum Gasteiger partial charge on any atom is -0.508 e. The monoisotopic (exact) mass is 1170 g/mol. The van der Waals surface area contributed by atoms with Crippen LogP contribution in [0.25, 0.3) is 0 Å². The molecular weight excluding hydrogens is 1100 g/mol. The molecule has 0 bridgehead atoms. The Bertz CT molecular complexity index is 2210. The van der Waals surface area contributed by atoms with Crippen LogP contribution in [0.2, 0.25) is 0 Å². The van der Waals surface area contributed by atoms with Crippen LogP contribution in [0.5, 0.6) is 5.75 Å². The number of phenols is 1. The minimum atomic E-state index is -5.08. The number of carboxylic acid groups (broad SMARTS) is 4. The predicted octanol–water partition coefficient (Wildman–Crippen LogP) is 0.718. The van der Waals surface area contributed by atoms with Crippen LogP contribution >= 0.6 is 0 Å². The molecule has 80 heavy (non-hydrogen) atoms. The van der Waals surface area contributed by atoms with Gasteiger partial charge in [0.15, 0.2) is 11.9 Å². The number of halogens is 9. The van der Waals surface area contributed by atoms with Crippen molar-refractivity contribution in [2.45, 2.75) is 140 Å². The molecule has 1 aromatic rings. The van der Waals surface area contributed by atoms with Crippen LogP contribution in [0.1, 0.15) is 84.6 Å². The first-order valence-electron chi connectivity index (χ1n) is 23.9. The van der Waals surface area contributed by atoms with Crippen LogP contribution in [-0.2, 0) is 49.6 Å². The normalized spacial score (nSPS) is 15.3. The number of carboxylic acids is 4. The highest BCUT2D eigenvalue weighted by atomic mass is 19.4. The van der Waals surface area contributed by atoms with E-state index in [9.17, 15) is 78.5 Å². The van der Waals surface area contributed by atoms with Crippen molar-refractivity contribution in [2.75, 3.05) is 26.7 Å². The van der Waals surface area contributed by atoms with Crippen molar-refractivity contribution >= 4 is 65.3 Å². The molecule has 1 aromatic carbocycles. The molecule has 0 aliphatic carbocycles. The summed E-state index contributed by atoms with van der Waals surface area (Å²) in [6.45, 7) is 7.87. The van der Waals surface area contributed by atoms with Crippen molar-refractivity contribution in [1.82, 2.24) is 25.8 Å². The molecule has 1 saturated heterocycles. The molecule has 18 N–H and O–H groups in total. The number of hydrogen-bond donors (Lipinski definition) is 13. The fourth-order valence-electron chi connectivity index (χ4n) is 6.73. The first-order valence-corrected chi connectivity index (χ1v) is 23.9. The average molecular weight is 1170 g/mol. The third-order valence-electron chi connectivity index (χ3n) is 11.0. The number of likely N-dealkylation sites (tertiary alicyclic amines) is 1. The van der Waals surface area contributed by atoms with E-state index in [-0.39, 0.29) is 75.3 Å². The molecule has 26 nitrogen and oxygen atoms in total. The number of alkyl halides is 9. The lowest BCUT2D eigenvalue weighted by atomic mass is 9.95. The molecule has 1 aliphatic rings. The van der Waals surface area contributed by atoms with E-state index in [0.29, 0.717) is 31.2 Å². The van der Waals surface area contributed by atoms with Crippen LogP contribution in [0, 0.1) is 11.8 Å². The number of amides is 5. The van der Waals surface area contributed by atoms with Gasteiger partial charge in [0.1, 0.15) is 36.0 Å². The van der Waals surface area contributed by atoms with E-state index < -0.39 is 114 Å². The molecule has 0 aromatic heterocycles. The Balaban J connectivity index is 0. The Kier molecular flexibility index (Phi) is 32.4. The van der Waals surface area contributed by atoms with Gasteiger partial charge in [0, 0.05) is 33.1 Å². The largest absolute Gasteiger partial charge is 0.508 e. The number of aliphatic carboxylic acids is 4. The van der Waals surface area contributed by atoms with E-state index in [1.165, 1.54) is 29.0 Å². The van der Waals surface area contributed by atoms with Gasteiger partial charge in [0.25, 0.3) is 0 Å². The van der Waals surface area contributed by atoms with Gasteiger partial charge in [-0.2, -0.15) is 39.5 Å². The average Bonchev–Trinajstić information content (AvgIpc) is 3.83. The molecule has 1 fully saturated rings. The maximum atomic E-state index is 14.5. The van der Waals surface area contributed by atoms with Crippen LogP contribution in [0.15, 0.2) is 34.3 Å². The highest BCUT2D eigenvalue weighted by molar-refractivity contribution is 5.97. The van der Waals surface area contributed by atoms with Gasteiger partial charge >= 0.3 is 42.4 Å². The lowest BCUT2D eigenvalue weighted by molar-refractivity contribution is -0.193. The lowest BCUT2D eigenvalue weighted by Crippen LogP contribution is -2.60. The van der Waals surface area contributed by atoms with Gasteiger partial charge in [-0.05, 0) is 74.5 Å². The number of guanidine groups is 2. The third-order valence-corrected chi connectivity index (χ3v) is 11.0. The molecule has 0 saturated carbocycles. The van der Waals surface area contributed by atoms with Crippen LogP contribution in [0.4, 0.5) is 39.5 Å².